The third-order valence-electron chi connectivity index (χ3n) is 5.04. The summed E-state index contributed by atoms with van der Waals surface area (Å²) in [7, 11) is 2.90. The molecule has 1 fully saturated rings. The van der Waals surface area contributed by atoms with E-state index in [2.05, 4.69) is 5.32 Å². The highest BCUT2D eigenvalue weighted by Crippen LogP contribution is 2.34. The van der Waals surface area contributed by atoms with Crippen LogP contribution >= 0.6 is 0 Å². The minimum Gasteiger partial charge on any atom is -0.493 e. The molecule has 0 saturated carbocycles. The van der Waals surface area contributed by atoms with Crippen molar-refractivity contribution in [3.63, 3.8) is 0 Å². The molecule has 0 spiro atoms. The summed E-state index contributed by atoms with van der Waals surface area (Å²) in [6, 6.07) is 9.72. The predicted octanol–water partition coefficient (Wildman–Crippen LogP) is 2.69. The van der Waals surface area contributed by atoms with Crippen LogP contribution in [0.4, 0.5) is 11.4 Å². The minimum absolute atomic E-state index is 0.0990. The number of ether oxygens (including phenoxy) is 3. The van der Waals surface area contributed by atoms with Crippen molar-refractivity contribution in [2.45, 2.75) is 19.4 Å². The summed E-state index contributed by atoms with van der Waals surface area (Å²) < 4.78 is 15.6. The van der Waals surface area contributed by atoms with E-state index in [0.29, 0.717) is 19.6 Å². The van der Waals surface area contributed by atoms with Gasteiger partial charge in [0.1, 0.15) is 12.2 Å². The van der Waals surface area contributed by atoms with Crippen molar-refractivity contribution in [1.29, 1.82) is 0 Å². The Morgan fingerprint density at radius 2 is 1.91 bits per heavy atom. The van der Waals surface area contributed by atoms with E-state index < -0.39 is 16.5 Å². The van der Waals surface area contributed by atoms with Crippen LogP contribution in [0, 0.1) is 10.1 Å². The van der Waals surface area contributed by atoms with Crippen LogP contribution in [0.1, 0.15) is 28.8 Å². The molecule has 1 saturated heterocycles. The van der Waals surface area contributed by atoms with E-state index >= 15 is 0 Å². The van der Waals surface area contributed by atoms with Crippen molar-refractivity contribution in [2.75, 3.05) is 38.9 Å². The molecule has 10 nitrogen and oxygen atoms in total. The Balaban J connectivity index is 1.72. The van der Waals surface area contributed by atoms with E-state index in [0.717, 1.165) is 17.7 Å². The van der Waals surface area contributed by atoms with E-state index in [9.17, 15) is 19.7 Å². The van der Waals surface area contributed by atoms with Gasteiger partial charge in [-0.1, -0.05) is 12.1 Å². The lowest BCUT2D eigenvalue weighted by Crippen LogP contribution is -2.25. The van der Waals surface area contributed by atoms with Gasteiger partial charge >= 0.3 is 0 Å². The first-order valence-electron chi connectivity index (χ1n) is 10.1. The number of benzene rings is 2. The molecule has 0 aromatic heterocycles. The Morgan fingerprint density at radius 3 is 2.50 bits per heavy atom. The van der Waals surface area contributed by atoms with Gasteiger partial charge in [-0.3, -0.25) is 19.7 Å². The van der Waals surface area contributed by atoms with Gasteiger partial charge in [0.25, 0.3) is 11.6 Å². The topological polar surface area (TPSA) is 120 Å². The lowest BCUT2D eigenvalue weighted by atomic mass is 10.1. The number of carbonyl (C=O) groups excluding carboxylic acids is 2. The SMILES string of the molecule is COCCOc1cc([N+](=O)[O-])c(C(=O)NCc2ccc(N3CCCC3=O)cc2)cc1OC. The largest absolute Gasteiger partial charge is 0.493 e. The van der Waals surface area contributed by atoms with Crippen LogP contribution in [0.2, 0.25) is 0 Å². The Kier molecular flexibility index (Phi) is 7.61. The fourth-order valence-electron chi connectivity index (χ4n) is 3.38. The van der Waals surface area contributed by atoms with Gasteiger partial charge < -0.3 is 24.4 Å². The smallest absolute Gasteiger partial charge is 0.286 e. The van der Waals surface area contributed by atoms with E-state index in [1.807, 2.05) is 24.3 Å². The van der Waals surface area contributed by atoms with E-state index in [1.165, 1.54) is 26.4 Å². The van der Waals surface area contributed by atoms with Crippen molar-refractivity contribution in [3.05, 3.63) is 57.6 Å². The fourth-order valence-corrected chi connectivity index (χ4v) is 3.38. The van der Waals surface area contributed by atoms with Crippen LogP contribution < -0.4 is 19.7 Å². The highest BCUT2D eigenvalue weighted by molar-refractivity contribution is 5.99. The summed E-state index contributed by atoms with van der Waals surface area (Å²) in [5.74, 6) is -0.157. The maximum absolute atomic E-state index is 12.7. The van der Waals surface area contributed by atoms with E-state index in [4.69, 9.17) is 14.2 Å². The molecule has 0 radical (unpaired) electrons. The Hall–Kier alpha value is -3.66. The zero-order valence-electron chi connectivity index (χ0n) is 18.0. The van der Waals surface area contributed by atoms with Crippen LogP contribution in [-0.4, -0.2) is 50.7 Å². The summed E-state index contributed by atoms with van der Waals surface area (Å²) >= 11 is 0. The van der Waals surface area contributed by atoms with Gasteiger partial charge in [0.15, 0.2) is 11.5 Å². The van der Waals surface area contributed by atoms with Crippen LogP contribution in [0.3, 0.4) is 0 Å². The molecular weight excluding hydrogens is 418 g/mol. The number of amides is 2. The van der Waals surface area contributed by atoms with Gasteiger partial charge in [0.2, 0.25) is 5.91 Å². The van der Waals surface area contributed by atoms with Crippen molar-refractivity contribution in [2.24, 2.45) is 0 Å². The summed E-state index contributed by atoms with van der Waals surface area (Å²) in [6.07, 6.45) is 1.39. The molecule has 0 aliphatic carbocycles. The summed E-state index contributed by atoms with van der Waals surface area (Å²) in [5, 5.41) is 14.2. The van der Waals surface area contributed by atoms with Gasteiger partial charge in [-0.15, -0.1) is 0 Å². The molecular formula is C22H25N3O7. The molecule has 1 aliphatic rings. The van der Waals surface area contributed by atoms with Crippen LogP contribution in [-0.2, 0) is 16.1 Å². The maximum atomic E-state index is 12.7. The lowest BCUT2D eigenvalue weighted by molar-refractivity contribution is -0.385. The Morgan fingerprint density at radius 1 is 1.16 bits per heavy atom. The molecule has 2 aromatic rings. The highest BCUT2D eigenvalue weighted by atomic mass is 16.6. The number of carbonyl (C=O) groups is 2. The molecule has 1 heterocycles. The number of nitrogens with one attached hydrogen (secondary N) is 1. The third kappa shape index (κ3) is 5.33. The van der Waals surface area contributed by atoms with Crippen LogP contribution in [0.15, 0.2) is 36.4 Å². The second-order valence-electron chi connectivity index (χ2n) is 7.12. The molecule has 170 valence electrons. The molecule has 32 heavy (non-hydrogen) atoms. The maximum Gasteiger partial charge on any atom is 0.286 e. The number of hydrogen-bond acceptors (Lipinski definition) is 7. The van der Waals surface area contributed by atoms with E-state index in [-0.39, 0.29) is 36.1 Å². The number of anilines is 1. The quantitative estimate of drug-likeness (QED) is 0.340. The first kappa shape index (κ1) is 23.0. The fraction of sp³-hybridized carbons (Fsp3) is 0.364. The normalized spacial score (nSPS) is 13.2. The number of rotatable bonds is 10. The Bertz CT molecular complexity index is 992. The van der Waals surface area contributed by atoms with Crippen molar-refractivity contribution < 1.29 is 28.7 Å². The van der Waals surface area contributed by atoms with Crippen LogP contribution in [0.25, 0.3) is 0 Å². The summed E-state index contributed by atoms with van der Waals surface area (Å²) in [6.45, 7) is 1.34. The Labute approximate surface area is 185 Å². The van der Waals surface area contributed by atoms with Gasteiger partial charge in [0.05, 0.1) is 24.7 Å². The van der Waals surface area contributed by atoms with Crippen LogP contribution in [0.5, 0.6) is 11.5 Å². The van der Waals surface area contributed by atoms with Gasteiger partial charge in [-0.2, -0.15) is 0 Å². The molecule has 0 bridgehead atoms. The highest BCUT2D eigenvalue weighted by Gasteiger charge is 2.25. The monoisotopic (exact) mass is 443 g/mol. The first-order valence-corrected chi connectivity index (χ1v) is 10.1. The molecule has 0 atom stereocenters. The molecule has 1 N–H and O–H groups in total. The standard InChI is InChI=1S/C22H25N3O7/c1-30-10-11-32-20-13-18(25(28)29)17(12-19(20)31-2)22(27)23-14-15-5-7-16(8-6-15)24-9-3-4-21(24)26/h5-8,12-13H,3-4,9-11,14H2,1-2H3,(H,23,27). The number of methoxy groups -OCH3 is 2. The number of nitrogens with zero attached hydrogens (tertiary/aromatic N) is 2. The van der Waals surface area contributed by atoms with Crippen molar-refractivity contribution >= 4 is 23.2 Å². The van der Waals surface area contributed by atoms with Gasteiger partial charge in [-0.25, -0.2) is 0 Å². The molecule has 0 unspecified atom stereocenters. The molecule has 3 rings (SSSR count). The molecule has 1 aliphatic heterocycles. The summed E-state index contributed by atoms with van der Waals surface area (Å²) in [4.78, 5) is 37.2. The van der Waals surface area contributed by atoms with Crippen molar-refractivity contribution in [1.82, 2.24) is 5.32 Å². The second kappa shape index (κ2) is 10.6. The van der Waals surface area contributed by atoms with Crippen molar-refractivity contribution in [3.8, 4) is 11.5 Å². The average molecular weight is 443 g/mol. The third-order valence-corrected chi connectivity index (χ3v) is 5.04. The number of nitro groups is 1. The molecule has 2 aromatic carbocycles. The molecule has 2 amide bonds. The zero-order chi connectivity index (χ0) is 23.1. The van der Waals surface area contributed by atoms with E-state index in [1.54, 1.807) is 4.90 Å². The number of hydrogen-bond donors (Lipinski definition) is 1. The summed E-state index contributed by atoms with van der Waals surface area (Å²) in [5.41, 5.74) is 1.08. The average Bonchev–Trinajstić information content (AvgIpc) is 3.23. The predicted molar refractivity (Wildman–Crippen MR) is 116 cm³/mol. The lowest BCUT2D eigenvalue weighted by Gasteiger charge is -2.16. The second-order valence-corrected chi connectivity index (χ2v) is 7.12. The van der Waals surface area contributed by atoms with Gasteiger partial charge in [0, 0.05) is 38.4 Å². The molecule has 10 heteroatoms. The zero-order valence-corrected chi connectivity index (χ0v) is 18.0. The minimum atomic E-state index is -0.639. The number of nitro benzene ring substituents is 1. The van der Waals surface area contributed by atoms with Gasteiger partial charge in [-0.05, 0) is 24.1 Å². The first-order chi connectivity index (χ1) is 15.4.